The molecule has 2 rings (SSSR count). The van der Waals surface area contributed by atoms with Gasteiger partial charge in [-0.1, -0.05) is 0 Å². The second-order valence-electron chi connectivity index (χ2n) is 4.29. The van der Waals surface area contributed by atoms with E-state index in [0.717, 1.165) is 22.3 Å². The third kappa shape index (κ3) is 2.52. The first-order chi connectivity index (χ1) is 8.63. The number of aliphatic hydroxyl groups is 2. The molecule has 0 saturated carbocycles. The van der Waals surface area contributed by atoms with Crippen LogP contribution in [0.5, 0.6) is 0 Å². The largest absolute Gasteiger partial charge is 0.399 e. The second-order valence-corrected chi connectivity index (χ2v) is 4.29. The van der Waals surface area contributed by atoms with Crippen molar-refractivity contribution in [3.05, 3.63) is 30.0 Å². The molecule has 0 amide bonds. The molecule has 5 nitrogen and oxygen atoms in total. The summed E-state index contributed by atoms with van der Waals surface area (Å²) < 4.78 is 0. The molecule has 5 heteroatoms. The van der Waals surface area contributed by atoms with Gasteiger partial charge < -0.3 is 21.3 Å². The summed E-state index contributed by atoms with van der Waals surface area (Å²) in [6, 6.07) is 6.97. The molecule has 0 aliphatic heterocycles. The number of aliphatic hydroxyl groups excluding tert-OH is 2. The molecule has 0 aliphatic carbocycles. The molecule has 1 heterocycles. The topological polar surface area (TPSA) is 91.4 Å². The first-order valence-electron chi connectivity index (χ1n) is 5.79. The third-order valence-electron chi connectivity index (χ3n) is 2.76. The van der Waals surface area contributed by atoms with Crippen molar-refractivity contribution in [3.63, 3.8) is 0 Å². The molecule has 0 saturated heterocycles. The predicted octanol–water partition coefficient (Wildman–Crippen LogP) is 0.891. The molecule has 0 unspecified atom stereocenters. The number of nitrogen functional groups attached to an aromatic ring is 1. The van der Waals surface area contributed by atoms with E-state index < -0.39 is 6.04 Å². The minimum Gasteiger partial charge on any atom is -0.399 e. The maximum atomic E-state index is 9.12. The fourth-order valence-corrected chi connectivity index (χ4v) is 1.86. The minimum absolute atomic E-state index is 0.137. The van der Waals surface area contributed by atoms with Crippen molar-refractivity contribution < 1.29 is 10.2 Å². The normalized spacial score (nSPS) is 11.1. The summed E-state index contributed by atoms with van der Waals surface area (Å²) in [5.74, 6) is 0. The molecule has 0 radical (unpaired) electrons. The van der Waals surface area contributed by atoms with Gasteiger partial charge in [-0.25, -0.2) is 0 Å². The number of benzene rings is 1. The highest BCUT2D eigenvalue weighted by Crippen LogP contribution is 2.25. The number of nitrogens with two attached hydrogens (primary N) is 1. The Balaban J connectivity index is 2.50. The van der Waals surface area contributed by atoms with E-state index in [0.29, 0.717) is 5.69 Å². The molecule has 1 aromatic heterocycles. The summed E-state index contributed by atoms with van der Waals surface area (Å²) in [4.78, 5) is 4.42. The molecule has 0 atom stereocenters. The highest BCUT2D eigenvalue weighted by Gasteiger charge is 2.09. The van der Waals surface area contributed by atoms with Gasteiger partial charge in [0.1, 0.15) is 0 Å². The van der Waals surface area contributed by atoms with Gasteiger partial charge in [0.2, 0.25) is 0 Å². The van der Waals surface area contributed by atoms with E-state index in [9.17, 15) is 0 Å². The van der Waals surface area contributed by atoms with Gasteiger partial charge in [0.05, 0.1) is 24.8 Å². The van der Waals surface area contributed by atoms with Gasteiger partial charge >= 0.3 is 0 Å². The number of hydrogen-bond acceptors (Lipinski definition) is 5. The van der Waals surface area contributed by atoms with Gasteiger partial charge in [-0.15, -0.1) is 0 Å². The highest BCUT2D eigenvalue weighted by atomic mass is 16.3. The van der Waals surface area contributed by atoms with Crippen LogP contribution >= 0.6 is 0 Å². The zero-order chi connectivity index (χ0) is 13.1. The highest BCUT2D eigenvalue weighted by molar-refractivity contribution is 5.93. The van der Waals surface area contributed by atoms with Gasteiger partial charge in [-0.05, 0) is 31.2 Å². The Morgan fingerprint density at radius 3 is 2.67 bits per heavy atom. The Labute approximate surface area is 105 Å². The number of rotatable bonds is 4. The van der Waals surface area contributed by atoms with Crippen LogP contribution in [0.3, 0.4) is 0 Å². The number of hydrogen-bond donors (Lipinski definition) is 4. The maximum Gasteiger partial charge on any atom is 0.0727 e. The molecular formula is C13H17N3O2. The molecule has 0 spiro atoms. The van der Waals surface area contributed by atoms with Crippen molar-refractivity contribution in [2.75, 3.05) is 24.3 Å². The van der Waals surface area contributed by atoms with E-state index >= 15 is 0 Å². The fourth-order valence-electron chi connectivity index (χ4n) is 1.86. The van der Waals surface area contributed by atoms with Crippen molar-refractivity contribution in [1.29, 1.82) is 0 Å². The molecular weight excluding hydrogens is 230 g/mol. The lowest BCUT2D eigenvalue weighted by Crippen LogP contribution is -2.27. The number of fused-ring (bicyclic) bond motifs is 1. The van der Waals surface area contributed by atoms with Crippen LogP contribution in [-0.2, 0) is 0 Å². The van der Waals surface area contributed by atoms with Crippen molar-refractivity contribution in [2.24, 2.45) is 0 Å². The predicted molar refractivity (Wildman–Crippen MR) is 72.5 cm³/mol. The Hall–Kier alpha value is -1.85. The standard InChI is InChI=1S/C13H17N3O2/c1-8-4-13(16-10(6-17)7-18)11-5-9(14)2-3-12(11)15-8/h2-5,10,17-18H,6-7,14H2,1H3,(H,15,16). The van der Waals surface area contributed by atoms with Crippen LogP contribution in [0.2, 0.25) is 0 Å². The summed E-state index contributed by atoms with van der Waals surface area (Å²) >= 11 is 0. The number of nitrogens with zero attached hydrogens (tertiary/aromatic N) is 1. The average molecular weight is 247 g/mol. The van der Waals surface area contributed by atoms with Crippen LogP contribution in [0.1, 0.15) is 5.69 Å². The van der Waals surface area contributed by atoms with E-state index in [-0.39, 0.29) is 13.2 Å². The van der Waals surface area contributed by atoms with E-state index in [2.05, 4.69) is 10.3 Å². The van der Waals surface area contributed by atoms with Crippen LogP contribution < -0.4 is 11.1 Å². The second kappa shape index (κ2) is 5.20. The molecule has 0 bridgehead atoms. The SMILES string of the molecule is Cc1cc(NC(CO)CO)c2cc(N)ccc2n1. The molecule has 96 valence electrons. The van der Waals surface area contributed by atoms with Crippen LogP contribution in [-0.4, -0.2) is 34.5 Å². The van der Waals surface area contributed by atoms with Crippen molar-refractivity contribution in [3.8, 4) is 0 Å². The third-order valence-corrected chi connectivity index (χ3v) is 2.76. The Bertz CT molecular complexity index is 553. The van der Waals surface area contributed by atoms with Crippen molar-refractivity contribution in [2.45, 2.75) is 13.0 Å². The van der Waals surface area contributed by atoms with E-state index in [4.69, 9.17) is 15.9 Å². The van der Waals surface area contributed by atoms with Gasteiger partial charge in [-0.3, -0.25) is 4.98 Å². The lowest BCUT2D eigenvalue weighted by Gasteiger charge is -2.17. The zero-order valence-electron chi connectivity index (χ0n) is 10.2. The quantitative estimate of drug-likeness (QED) is 0.602. The van der Waals surface area contributed by atoms with Crippen molar-refractivity contribution in [1.82, 2.24) is 4.98 Å². The molecule has 1 aromatic carbocycles. The summed E-state index contributed by atoms with van der Waals surface area (Å²) in [5.41, 5.74) is 8.94. The van der Waals surface area contributed by atoms with Gasteiger partial charge in [0.25, 0.3) is 0 Å². The molecule has 5 N–H and O–H groups in total. The fraction of sp³-hybridized carbons (Fsp3) is 0.308. The summed E-state index contributed by atoms with van der Waals surface area (Å²) in [6.45, 7) is 1.62. The van der Waals surface area contributed by atoms with Crippen LogP contribution in [0, 0.1) is 6.92 Å². The maximum absolute atomic E-state index is 9.12. The molecule has 0 fully saturated rings. The van der Waals surface area contributed by atoms with E-state index in [1.54, 1.807) is 6.07 Å². The first kappa shape index (κ1) is 12.6. The summed E-state index contributed by atoms with van der Waals surface area (Å²) in [5, 5.41) is 22.2. The van der Waals surface area contributed by atoms with Gasteiger partial charge in [0, 0.05) is 22.5 Å². The van der Waals surface area contributed by atoms with Crippen molar-refractivity contribution >= 4 is 22.3 Å². The number of nitrogens with one attached hydrogen (secondary N) is 1. The number of aryl methyl sites for hydroxylation is 1. The van der Waals surface area contributed by atoms with Crippen LogP contribution in [0.25, 0.3) is 10.9 Å². The lowest BCUT2D eigenvalue weighted by atomic mass is 10.1. The van der Waals surface area contributed by atoms with Gasteiger partial charge in [0.15, 0.2) is 0 Å². The number of anilines is 2. The van der Waals surface area contributed by atoms with E-state index in [1.807, 2.05) is 25.1 Å². The summed E-state index contributed by atoms with van der Waals surface area (Å²) in [6.07, 6.45) is 0. The number of aromatic nitrogens is 1. The Morgan fingerprint density at radius 1 is 1.28 bits per heavy atom. The summed E-state index contributed by atoms with van der Waals surface area (Å²) in [7, 11) is 0. The monoisotopic (exact) mass is 247 g/mol. The zero-order valence-corrected chi connectivity index (χ0v) is 10.2. The lowest BCUT2D eigenvalue weighted by molar-refractivity contribution is 0.204. The molecule has 0 aliphatic rings. The number of pyridine rings is 1. The Kier molecular flexibility index (Phi) is 3.64. The van der Waals surface area contributed by atoms with Crippen LogP contribution in [0.15, 0.2) is 24.3 Å². The first-order valence-corrected chi connectivity index (χ1v) is 5.79. The molecule has 2 aromatic rings. The van der Waals surface area contributed by atoms with E-state index in [1.165, 1.54) is 0 Å². The van der Waals surface area contributed by atoms with Gasteiger partial charge in [-0.2, -0.15) is 0 Å². The molecule has 18 heavy (non-hydrogen) atoms. The van der Waals surface area contributed by atoms with Crippen LogP contribution in [0.4, 0.5) is 11.4 Å². The minimum atomic E-state index is -0.392. The Morgan fingerprint density at radius 2 is 2.00 bits per heavy atom. The smallest absolute Gasteiger partial charge is 0.0727 e. The average Bonchev–Trinajstić information content (AvgIpc) is 2.36.